The van der Waals surface area contributed by atoms with Crippen LogP contribution in [0, 0.1) is 0 Å². The number of anilines is 6. The molecule has 0 saturated heterocycles. The summed E-state index contributed by atoms with van der Waals surface area (Å²) in [6.07, 6.45) is 0. The molecule has 0 unspecified atom stereocenters. The van der Waals surface area contributed by atoms with Crippen LogP contribution < -0.4 is 9.80 Å². The van der Waals surface area contributed by atoms with Crippen LogP contribution in [0.3, 0.4) is 0 Å². The van der Waals surface area contributed by atoms with Crippen molar-refractivity contribution in [2.45, 2.75) is 131 Å². The van der Waals surface area contributed by atoms with E-state index in [-0.39, 0.29) is 10.8 Å². The van der Waals surface area contributed by atoms with Crippen LogP contribution >= 0.6 is 0 Å². The molecule has 0 atom stereocenters. The molecule has 0 heterocycles. The fourth-order valence-electron chi connectivity index (χ4n) is 11.0. The second kappa shape index (κ2) is 20.6. The highest BCUT2D eigenvalue weighted by molar-refractivity contribution is 6.25. The van der Waals surface area contributed by atoms with Crippen molar-refractivity contribution in [3.05, 3.63) is 228 Å². The number of rotatable bonds is 12. The second-order valence-corrected chi connectivity index (χ2v) is 24.7. The largest absolute Gasteiger partial charge is 0.310 e. The Hall–Kier alpha value is -7.42. The van der Waals surface area contributed by atoms with Gasteiger partial charge >= 0.3 is 0 Å². The van der Waals surface area contributed by atoms with Crippen molar-refractivity contribution >= 4 is 66.4 Å². The summed E-state index contributed by atoms with van der Waals surface area (Å²) in [4.78, 5) is 4.89. The van der Waals surface area contributed by atoms with Gasteiger partial charge in [0, 0.05) is 34.1 Å². The fourth-order valence-corrected chi connectivity index (χ4v) is 11.0. The lowest BCUT2D eigenvalue weighted by Gasteiger charge is -2.28. The van der Waals surface area contributed by atoms with Gasteiger partial charge in [0.05, 0.1) is 0 Å². The van der Waals surface area contributed by atoms with Crippen molar-refractivity contribution in [3.63, 3.8) is 0 Å². The van der Waals surface area contributed by atoms with Crippen LogP contribution in [-0.2, 0) is 10.8 Å². The molecule has 0 saturated carbocycles. The quantitative estimate of drug-likeness (QED) is 0.113. The molecule has 384 valence electrons. The van der Waals surface area contributed by atoms with E-state index in [1.165, 1.54) is 88.0 Å². The molecule has 0 aliphatic heterocycles. The zero-order valence-corrected chi connectivity index (χ0v) is 47.7. The summed E-state index contributed by atoms with van der Waals surface area (Å²) in [5.74, 6) is 1.75. The van der Waals surface area contributed by atoms with Crippen LogP contribution in [0.4, 0.5) is 34.1 Å². The maximum Gasteiger partial charge on any atom is 0.0468 e. The van der Waals surface area contributed by atoms with Gasteiger partial charge in [-0.05, 0) is 207 Å². The fraction of sp³-hybridized carbons (Fsp3) is 0.270. The lowest BCUT2D eigenvalue weighted by molar-refractivity contribution is 0.590. The normalized spacial score (nSPS) is 12.3. The molecule has 0 N–H and O–H groups in total. The van der Waals surface area contributed by atoms with Crippen LogP contribution in [0.1, 0.15) is 154 Å². The zero-order valence-electron chi connectivity index (χ0n) is 47.7. The van der Waals surface area contributed by atoms with Gasteiger partial charge in [-0.25, -0.2) is 0 Å². The zero-order chi connectivity index (χ0) is 53.8. The van der Waals surface area contributed by atoms with Crippen LogP contribution in [0.15, 0.2) is 194 Å². The van der Waals surface area contributed by atoms with Gasteiger partial charge in [-0.1, -0.05) is 206 Å². The minimum atomic E-state index is 0.0350. The molecule has 2 nitrogen and oxygen atoms in total. The van der Waals surface area contributed by atoms with Crippen LogP contribution in [0.25, 0.3) is 54.6 Å². The Bertz CT molecular complexity index is 3300. The molecule has 2 heteroatoms. The summed E-state index contributed by atoms with van der Waals surface area (Å²) in [5.41, 5.74) is 19.7. The molecule has 10 aromatic carbocycles. The van der Waals surface area contributed by atoms with Crippen LogP contribution in [-0.4, -0.2) is 0 Å². The third-order valence-electron chi connectivity index (χ3n) is 15.9. The smallest absolute Gasteiger partial charge is 0.0468 e. The molecule has 76 heavy (non-hydrogen) atoms. The highest BCUT2D eigenvalue weighted by Crippen LogP contribution is 2.47. The van der Waals surface area contributed by atoms with E-state index in [4.69, 9.17) is 0 Å². The third kappa shape index (κ3) is 10.3. The van der Waals surface area contributed by atoms with Crippen molar-refractivity contribution in [3.8, 4) is 22.3 Å². The Labute approximate surface area is 455 Å². The Morgan fingerprint density at radius 1 is 0.250 bits per heavy atom. The van der Waals surface area contributed by atoms with E-state index >= 15 is 0 Å². The summed E-state index contributed by atoms with van der Waals surface area (Å²) in [7, 11) is 0. The van der Waals surface area contributed by atoms with Gasteiger partial charge in [0.15, 0.2) is 0 Å². The maximum absolute atomic E-state index is 2.49. The van der Waals surface area contributed by atoms with Crippen molar-refractivity contribution < 1.29 is 0 Å². The van der Waals surface area contributed by atoms with Crippen molar-refractivity contribution in [2.75, 3.05) is 9.80 Å². The first-order valence-corrected chi connectivity index (χ1v) is 27.9. The molecular weight excluding hydrogens is 917 g/mol. The molecule has 0 spiro atoms. The lowest BCUT2D eigenvalue weighted by Crippen LogP contribution is -2.11. The monoisotopic (exact) mass is 995 g/mol. The van der Waals surface area contributed by atoms with Gasteiger partial charge < -0.3 is 9.80 Å². The van der Waals surface area contributed by atoms with Gasteiger partial charge in [-0.15, -0.1) is 0 Å². The van der Waals surface area contributed by atoms with Gasteiger partial charge in [-0.3, -0.25) is 0 Å². The molecule has 0 aliphatic rings. The van der Waals surface area contributed by atoms with E-state index in [1.807, 2.05) is 0 Å². The summed E-state index contributed by atoms with van der Waals surface area (Å²) in [5, 5.41) is 7.35. The van der Waals surface area contributed by atoms with Gasteiger partial charge in [0.25, 0.3) is 0 Å². The predicted octanol–water partition coefficient (Wildman–Crippen LogP) is 22.5. The molecule has 10 rings (SSSR count). The van der Waals surface area contributed by atoms with E-state index in [1.54, 1.807) is 0 Å². The highest BCUT2D eigenvalue weighted by Gasteiger charge is 2.23. The molecule has 0 fully saturated rings. The Morgan fingerprint density at radius 2 is 0.487 bits per heavy atom. The summed E-state index contributed by atoms with van der Waals surface area (Å²) in [6.45, 7) is 31.9. The van der Waals surface area contributed by atoms with Crippen LogP contribution in [0.5, 0.6) is 0 Å². The average Bonchev–Trinajstić information content (AvgIpc) is 3.42. The predicted molar refractivity (Wildman–Crippen MR) is 333 cm³/mol. The SMILES string of the molecule is CC(C)c1ccc(N(c2ccc(C(C)C)cc2)c2ccc3c(-c4ccc(C(C)(C)C)cc4)cc4c5cc(N(c6ccc(C(C)C)cc6)c6ccc(C(C)C)cc6)ccc5c(-c5ccc(C(C)(C)C)cc5)cc4c3c2)cc1. The molecule has 0 aromatic heterocycles. The van der Waals surface area contributed by atoms with E-state index in [0.29, 0.717) is 23.7 Å². The topological polar surface area (TPSA) is 6.48 Å². The number of fused-ring (bicyclic) bond motifs is 5. The Balaban J connectivity index is 1.30. The van der Waals surface area contributed by atoms with Gasteiger partial charge in [0.2, 0.25) is 0 Å². The van der Waals surface area contributed by atoms with Crippen molar-refractivity contribution in [1.82, 2.24) is 0 Å². The van der Waals surface area contributed by atoms with Gasteiger partial charge in [-0.2, -0.15) is 0 Å². The molecule has 0 radical (unpaired) electrons. The summed E-state index contributed by atoms with van der Waals surface area (Å²) < 4.78 is 0. The first-order chi connectivity index (χ1) is 36.2. The Kier molecular flexibility index (Phi) is 14.1. The lowest BCUT2D eigenvalue weighted by atomic mass is 9.84. The van der Waals surface area contributed by atoms with E-state index < -0.39 is 0 Å². The van der Waals surface area contributed by atoms with Crippen molar-refractivity contribution in [2.24, 2.45) is 0 Å². The number of hydrogen-bond acceptors (Lipinski definition) is 2. The molecular formula is C74H78N2. The maximum atomic E-state index is 2.49. The average molecular weight is 995 g/mol. The molecule has 0 bridgehead atoms. The summed E-state index contributed by atoms with van der Waals surface area (Å²) >= 11 is 0. The number of nitrogens with zero attached hydrogens (tertiary/aromatic N) is 2. The first-order valence-electron chi connectivity index (χ1n) is 27.9. The van der Waals surface area contributed by atoms with Gasteiger partial charge in [0.1, 0.15) is 0 Å². The molecule has 10 aromatic rings. The second-order valence-electron chi connectivity index (χ2n) is 24.7. The van der Waals surface area contributed by atoms with Crippen LogP contribution in [0.2, 0.25) is 0 Å². The van der Waals surface area contributed by atoms with E-state index in [9.17, 15) is 0 Å². The molecule has 0 aliphatic carbocycles. The number of benzene rings is 10. The standard InChI is InChI=1S/C74H78N2/c1-47(2)51-19-31-59(32-20-51)75(60-33-21-52(22-34-60)48(3)4)63-39-41-65-67(55-15-27-57(28-16-55)73(9,10)11)46-72-70-44-64(76(61-35-23-53(24-36-61)49(5)6)62-37-25-54(26-38-62)50(7)8)40-42-66(70)68(45-71(72)69(65)43-63)56-17-29-58(30-18-56)74(12,13)14/h15-50H,1-14H3. The summed E-state index contributed by atoms with van der Waals surface area (Å²) in [6, 6.07) is 74.9. The minimum absolute atomic E-state index is 0.0350. The Morgan fingerprint density at radius 3 is 0.724 bits per heavy atom. The molecule has 0 amide bonds. The van der Waals surface area contributed by atoms with Crippen molar-refractivity contribution in [1.29, 1.82) is 0 Å². The van der Waals surface area contributed by atoms with E-state index in [0.717, 1.165) is 34.1 Å². The minimum Gasteiger partial charge on any atom is -0.310 e. The van der Waals surface area contributed by atoms with E-state index in [2.05, 4.69) is 301 Å². The third-order valence-corrected chi connectivity index (χ3v) is 15.9. The number of hydrogen-bond donors (Lipinski definition) is 0. The first kappa shape index (κ1) is 52.0. The highest BCUT2D eigenvalue weighted by atomic mass is 15.1.